The third-order valence-corrected chi connectivity index (χ3v) is 7.94. The monoisotopic (exact) mass is 344 g/mol. The molecular weight excluding hydrogens is 316 g/mol. The predicted octanol–water partition coefficient (Wildman–Crippen LogP) is 3.63. The number of ether oxygens (including phenoxy) is 1. The summed E-state index contributed by atoms with van der Waals surface area (Å²) < 4.78 is 5.42. The van der Waals surface area contributed by atoms with Crippen LogP contribution in [-0.2, 0) is 19.1 Å². The molecule has 0 unspecified atom stereocenters. The minimum absolute atomic E-state index is 0.00391. The molecule has 0 aromatic carbocycles. The number of hydrogen-bond donors (Lipinski definition) is 0. The highest BCUT2D eigenvalue weighted by Gasteiger charge is 2.61. The molecule has 136 valence electrons. The smallest absolute Gasteiger partial charge is 0.302 e. The summed E-state index contributed by atoms with van der Waals surface area (Å²) in [6.07, 6.45) is 7.66. The molecule has 3 fully saturated rings. The van der Waals surface area contributed by atoms with Crippen molar-refractivity contribution >= 4 is 17.5 Å². The summed E-state index contributed by atoms with van der Waals surface area (Å²) in [6, 6.07) is 0. The molecule has 6 atom stereocenters. The van der Waals surface area contributed by atoms with E-state index in [9.17, 15) is 14.4 Å². The molecule has 0 spiro atoms. The summed E-state index contributed by atoms with van der Waals surface area (Å²) >= 11 is 0. The summed E-state index contributed by atoms with van der Waals surface area (Å²) in [4.78, 5) is 36.8. The Balaban J connectivity index is 1.67. The van der Waals surface area contributed by atoms with Crippen LogP contribution in [0.2, 0.25) is 0 Å². The fraction of sp³-hybridized carbons (Fsp3) is 0.762. The van der Waals surface area contributed by atoms with Crippen molar-refractivity contribution in [2.75, 3.05) is 0 Å². The van der Waals surface area contributed by atoms with Crippen LogP contribution < -0.4 is 0 Å². The zero-order chi connectivity index (χ0) is 18.0. The van der Waals surface area contributed by atoms with Crippen molar-refractivity contribution in [3.63, 3.8) is 0 Å². The third kappa shape index (κ3) is 2.36. The van der Waals surface area contributed by atoms with E-state index in [-0.39, 0.29) is 40.5 Å². The van der Waals surface area contributed by atoms with Crippen LogP contribution in [0.5, 0.6) is 0 Å². The molecule has 3 saturated carbocycles. The van der Waals surface area contributed by atoms with Gasteiger partial charge in [-0.05, 0) is 55.4 Å². The Morgan fingerprint density at radius 1 is 1.08 bits per heavy atom. The maximum absolute atomic E-state index is 13.1. The van der Waals surface area contributed by atoms with Crippen molar-refractivity contribution in [2.45, 2.75) is 71.8 Å². The number of ketones is 2. The van der Waals surface area contributed by atoms with Crippen molar-refractivity contribution in [3.05, 3.63) is 11.6 Å². The van der Waals surface area contributed by atoms with E-state index in [0.29, 0.717) is 24.5 Å². The van der Waals surface area contributed by atoms with Crippen LogP contribution in [0.3, 0.4) is 0 Å². The summed E-state index contributed by atoms with van der Waals surface area (Å²) in [5, 5.41) is 0. The van der Waals surface area contributed by atoms with Crippen LogP contribution in [0.4, 0.5) is 0 Å². The summed E-state index contributed by atoms with van der Waals surface area (Å²) in [5.41, 5.74) is 0.902. The first-order valence-corrected chi connectivity index (χ1v) is 9.71. The summed E-state index contributed by atoms with van der Waals surface area (Å²) in [5.74, 6) is 0.888. The largest absolute Gasteiger partial charge is 0.462 e. The average Bonchev–Trinajstić information content (AvgIpc) is 2.84. The number of rotatable bonds is 1. The number of allylic oxidation sites excluding steroid dienone is 1. The van der Waals surface area contributed by atoms with E-state index in [4.69, 9.17) is 4.74 Å². The van der Waals surface area contributed by atoms with Crippen molar-refractivity contribution in [2.24, 2.45) is 28.6 Å². The first-order chi connectivity index (χ1) is 11.8. The van der Waals surface area contributed by atoms with Gasteiger partial charge in [-0.3, -0.25) is 14.4 Å². The number of esters is 1. The number of carbonyl (C=O) groups is 3. The second-order valence-electron chi connectivity index (χ2n) is 9.12. The summed E-state index contributed by atoms with van der Waals surface area (Å²) in [7, 11) is 0. The van der Waals surface area contributed by atoms with Crippen LogP contribution in [0.1, 0.15) is 65.7 Å². The van der Waals surface area contributed by atoms with Gasteiger partial charge in [-0.25, -0.2) is 0 Å². The Morgan fingerprint density at radius 3 is 2.48 bits per heavy atom. The second-order valence-corrected chi connectivity index (χ2v) is 9.12. The Kier molecular flexibility index (Phi) is 3.75. The van der Waals surface area contributed by atoms with Crippen molar-refractivity contribution in [1.29, 1.82) is 0 Å². The van der Waals surface area contributed by atoms with Gasteiger partial charge in [0.05, 0.1) is 0 Å². The lowest BCUT2D eigenvalue weighted by atomic mass is 9.48. The molecule has 0 radical (unpaired) electrons. The summed E-state index contributed by atoms with van der Waals surface area (Å²) in [6.45, 7) is 5.84. The molecule has 25 heavy (non-hydrogen) atoms. The molecular formula is C21H28O4. The second kappa shape index (κ2) is 5.52. The number of Topliss-reactive ketones (excluding diaryl/α,β-unsaturated/α-hetero) is 1. The fourth-order valence-electron chi connectivity index (χ4n) is 6.48. The molecule has 4 aliphatic rings. The first kappa shape index (κ1) is 17.0. The van der Waals surface area contributed by atoms with Gasteiger partial charge >= 0.3 is 5.97 Å². The van der Waals surface area contributed by atoms with Crippen LogP contribution >= 0.6 is 0 Å². The van der Waals surface area contributed by atoms with E-state index < -0.39 is 0 Å². The van der Waals surface area contributed by atoms with Gasteiger partial charge in [-0.15, -0.1) is 0 Å². The Morgan fingerprint density at radius 2 is 1.76 bits per heavy atom. The number of carbonyl (C=O) groups excluding carboxylic acids is 3. The molecule has 0 amide bonds. The topological polar surface area (TPSA) is 60.4 Å². The van der Waals surface area contributed by atoms with Gasteiger partial charge in [-0.1, -0.05) is 19.4 Å². The quantitative estimate of drug-likeness (QED) is 0.682. The number of fused-ring (bicyclic) bond motifs is 5. The molecule has 4 rings (SSSR count). The molecule has 0 heterocycles. The first-order valence-electron chi connectivity index (χ1n) is 9.71. The van der Waals surface area contributed by atoms with Crippen LogP contribution in [0.15, 0.2) is 11.6 Å². The van der Waals surface area contributed by atoms with Crippen molar-refractivity contribution in [3.8, 4) is 0 Å². The van der Waals surface area contributed by atoms with Gasteiger partial charge in [0.15, 0.2) is 5.78 Å². The highest BCUT2D eigenvalue weighted by molar-refractivity contribution is 5.96. The molecule has 0 aromatic rings. The van der Waals surface area contributed by atoms with E-state index in [0.717, 1.165) is 32.1 Å². The molecule has 0 aliphatic heterocycles. The lowest BCUT2D eigenvalue weighted by molar-refractivity contribution is -0.149. The molecule has 0 N–H and O–H groups in total. The number of hydrogen-bond acceptors (Lipinski definition) is 4. The minimum atomic E-state index is -0.284. The van der Waals surface area contributed by atoms with E-state index in [2.05, 4.69) is 13.8 Å². The van der Waals surface area contributed by atoms with Gasteiger partial charge in [0.1, 0.15) is 11.9 Å². The zero-order valence-electron chi connectivity index (χ0n) is 15.5. The Labute approximate surface area is 149 Å². The third-order valence-electron chi connectivity index (χ3n) is 7.94. The van der Waals surface area contributed by atoms with E-state index in [1.165, 1.54) is 12.5 Å². The Bertz CT molecular complexity index is 677. The van der Waals surface area contributed by atoms with E-state index >= 15 is 0 Å². The van der Waals surface area contributed by atoms with Gasteiger partial charge < -0.3 is 4.74 Å². The van der Waals surface area contributed by atoms with Crippen LogP contribution in [0, 0.1) is 28.6 Å². The highest BCUT2D eigenvalue weighted by atomic mass is 16.5. The average molecular weight is 344 g/mol. The minimum Gasteiger partial charge on any atom is -0.462 e. The molecule has 4 aliphatic carbocycles. The Hall–Kier alpha value is -1.45. The lowest BCUT2D eigenvalue weighted by Crippen LogP contribution is -2.53. The van der Waals surface area contributed by atoms with E-state index in [1.54, 1.807) is 0 Å². The van der Waals surface area contributed by atoms with Gasteiger partial charge in [0, 0.05) is 31.1 Å². The lowest BCUT2D eigenvalue weighted by Gasteiger charge is -2.55. The van der Waals surface area contributed by atoms with Crippen molar-refractivity contribution in [1.82, 2.24) is 0 Å². The normalized spacial score (nSPS) is 46.0. The van der Waals surface area contributed by atoms with Crippen LogP contribution in [-0.4, -0.2) is 23.6 Å². The molecule has 0 aromatic heterocycles. The van der Waals surface area contributed by atoms with Gasteiger partial charge in [-0.2, -0.15) is 0 Å². The standard InChI is InChI=1S/C21H28O4/c1-12(22)25-14-6-8-20(2)13(10-14)11-17(23)19-15-4-5-18(24)21(15,3)9-7-16(19)20/h11,14-16,19H,4-10H2,1-3H3/t14-,15+,16+,19-,20-,21+/m0/s1. The molecule has 4 nitrogen and oxygen atoms in total. The molecule has 0 saturated heterocycles. The maximum Gasteiger partial charge on any atom is 0.302 e. The molecule has 4 heteroatoms. The van der Waals surface area contributed by atoms with Crippen molar-refractivity contribution < 1.29 is 19.1 Å². The maximum atomic E-state index is 13.1. The SMILES string of the molecule is CC(=O)O[C@H]1CC[C@@]2(C)C(=CC(=O)[C@H]3[C@H]4CCC(=O)[C@]4(C)CC[C@H]32)C1. The van der Waals surface area contributed by atoms with Crippen LogP contribution in [0.25, 0.3) is 0 Å². The van der Waals surface area contributed by atoms with Gasteiger partial charge in [0.25, 0.3) is 0 Å². The van der Waals surface area contributed by atoms with E-state index in [1.807, 2.05) is 6.08 Å². The van der Waals surface area contributed by atoms with Gasteiger partial charge in [0.2, 0.25) is 0 Å². The molecule has 0 bridgehead atoms. The highest BCUT2D eigenvalue weighted by Crippen LogP contribution is 2.63. The fourth-order valence-corrected chi connectivity index (χ4v) is 6.48. The predicted molar refractivity (Wildman–Crippen MR) is 92.7 cm³/mol. The zero-order valence-corrected chi connectivity index (χ0v) is 15.5.